The van der Waals surface area contributed by atoms with Crippen LogP contribution in [0.3, 0.4) is 0 Å². The number of thiazole rings is 1. The zero-order valence-electron chi connectivity index (χ0n) is 10.1. The van der Waals surface area contributed by atoms with Gasteiger partial charge in [0.25, 0.3) is 5.91 Å². The molecule has 0 aliphatic carbocycles. The Balaban J connectivity index is 1.65. The van der Waals surface area contributed by atoms with E-state index in [9.17, 15) is 4.79 Å². The molecule has 102 valence electrons. The lowest BCUT2D eigenvalue weighted by atomic mass is 10.4. The lowest BCUT2D eigenvalue weighted by Crippen LogP contribution is -2.22. The highest BCUT2D eigenvalue weighted by Crippen LogP contribution is 2.27. The van der Waals surface area contributed by atoms with E-state index < -0.39 is 0 Å². The van der Waals surface area contributed by atoms with E-state index in [1.165, 1.54) is 22.7 Å². The summed E-state index contributed by atoms with van der Waals surface area (Å²) in [5.41, 5.74) is 0.459. The lowest BCUT2D eigenvalue weighted by Gasteiger charge is -2.00. The molecule has 0 radical (unpaired) electrons. The molecule has 0 spiro atoms. The summed E-state index contributed by atoms with van der Waals surface area (Å²) in [6, 6.07) is 7.71. The van der Waals surface area contributed by atoms with E-state index in [2.05, 4.69) is 10.3 Å². The Labute approximate surface area is 132 Å². The topological polar surface area (TPSA) is 42.0 Å². The molecule has 0 fully saturated rings. The molecule has 0 aromatic carbocycles. The van der Waals surface area contributed by atoms with Gasteiger partial charge in [0.1, 0.15) is 10.7 Å². The average molecular weight is 341 g/mol. The van der Waals surface area contributed by atoms with Gasteiger partial charge in [0.05, 0.1) is 15.8 Å². The van der Waals surface area contributed by atoms with Gasteiger partial charge in [0, 0.05) is 10.3 Å². The van der Waals surface area contributed by atoms with Crippen LogP contribution >= 0.6 is 45.6 Å². The molecule has 0 saturated heterocycles. The number of hydrogen-bond acceptors (Lipinski definition) is 5. The van der Waals surface area contributed by atoms with E-state index in [1.54, 1.807) is 16.7 Å². The smallest absolute Gasteiger partial charge is 0.271 e. The van der Waals surface area contributed by atoms with Crippen molar-refractivity contribution in [1.29, 1.82) is 0 Å². The van der Waals surface area contributed by atoms with Crippen LogP contribution in [0, 0.1) is 0 Å². The fraction of sp³-hybridized carbons (Fsp3) is 0.0769. The first-order valence-corrected chi connectivity index (χ1v) is 8.69. The van der Waals surface area contributed by atoms with Crippen LogP contribution in [0.5, 0.6) is 0 Å². The lowest BCUT2D eigenvalue weighted by molar-refractivity contribution is 0.0947. The van der Waals surface area contributed by atoms with Crippen molar-refractivity contribution in [3.05, 3.63) is 49.9 Å². The first kappa shape index (κ1) is 13.8. The van der Waals surface area contributed by atoms with Gasteiger partial charge in [0.15, 0.2) is 0 Å². The number of nitrogens with zero attached hydrogens (tertiary/aromatic N) is 1. The second-order valence-electron chi connectivity index (χ2n) is 3.90. The van der Waals surface area contributed by atoms with E-state index in [0.717, 1.165) is 19.1 Å². The molecule has 0 aliphatic rings. The number of aromatic nitrogens is 1. The molecule has 7 heteroatoms. The van der Waals surface area contributed by atoms with Gasteiger partial charge < -0.3 is 5.32 Å². The summed E-state index contributed by atoms with van der Waals surface area (Å²) in [5.74, 6) is -0.159. The number of thiophene rings is 2. The molecule has 0 unspecified atom stereocenters. The fourth-order valence-corrected chi connectivity index (χ4v) is 4.24. The summed E-state index contributed by atoms with van der Waals surface area (Å²) in [7, 11) is 0. The largest absolute Gasteiger partial charge is 0.346 e. The summed E-state index contributed by atoms with van der Waals surface area (Å²) in [6.07, 6.45) is 0. The van der Waals surface area contributed by atoms with Crippen LogP contribution < -0.4 is 5.32 Å². The number of carbonyl (C=O) groups excluding carboxylic acids is 1. The first-order valence-electron chi connectivity index (χ1n) is 5.74. The highest BCUT2D eigenvalue weighted by Gasteiger charge is 2.12. The number of halogens is 1. The van der Waals surface area contributed by atoms with Crippen LogP contribution in [0.15, 0.2) is 35.0 Å². The van der Waals surface area contributed by atoms with Crippen molar-refractivity contribution in [2.24, 2.45) is 0 Å². The Morgan fingerprint density at radius 2 is 2.20 bits per heavy atom. The van der Waals surface area contributed by atoms with Crippen molar-refractivity contribution in [2.75, 3.05) is 0 Å². The normalized spacial score (nSPS) is 10.7. The molecule has 1 N–H and O–H groups in total. The molecule has 0 bridgehead atoms. The maximum Gasteiger partial charge on any atom is 0.271 e. The highest BCUT2D eigenvalue weighted by molar-refractivity contribution is 7.20. The number of nitrogens with one attached hydrogen (secondary N) is 1. The Bertz CT molecular complexity index is 718. The maximum absolute atomic E-state index is 12.0. The van der Waals surface area contributed by atoms with Gasteiger partial charge in [-0.3, -0.25) is 4.79 Å². The van der Waals surface area contributed by atoms with Gasteiger partial charge in [-0.1, -0.05) is 17.7 Å². The van der Waals surface area contributed by atoms with Crippen molar-refractivity contribution >= 4 is 51.5 Å². The van der Waals surface area contributed by atoms with E-state index in [4.69, 9.17) is 11.6 Å². The minimum Gasteiger partial charge on any atom is -0.346 e. The fourth-order valence-electron chi connectivity index (χ4n) is 1.60. The van der Waals surface area contributed by atoms with Crippen LogP contribution in [0.4, 0.5) is 0 Å². The number of amides is 1. The minimum absolute atomic E-state index is 0.159. The second-order valence-corrected chi connectivity index (χ2v) is 7.51. The van der Waals surface area contributed by atoms with Crippen LogP contribution in [-0.4, -0.2) is 10.9 Å². The number of hydrogen-bond donors (Lipinski definition) is 1. The molecule has 0 aliphatic heterocycles. The summed E-state index contributed by atoms with van der Waals surface area (Å²) in [6.45, 7) is 0.474. The first-order chi connectivity index (χ1) is 9.72. The van der Waals surface area contributed by atoms with Crippen LogP contribution in [-0.2, 0) is 6.54 Å². The van der Waals surface area contributed by atoms with Crippen molar-refractivity contribution in [3.8, 4) is 9.88 Å². The van der Waals surface area contributed by atoms with Crippen molar-refractivity contribution in [1.82, 2.24) is 10.3 Å². The predicted molar refractivity (Wildman–Crippen MR) is 85.9 cm³/mol. The van der Waals surface area contributed by atoms with E-state index in [-0.39, 0.29) is 5.91 Å². The van der Waals surface area contributed by atoms with Crippen molar-refractivity contribution in [2.45, 2.75) is 6.54 Å². The molecule has 3 heterocycles. The second kappa shape index (κ2) is 6.05. The third-order valence-electron chi connectivity index (χ3n) is 2.52. The Morgan fingerprint density at radius 1 is 1.30 bits per heavy atom. The van der Waals surface area contributed by atoms with Gasteiger partial charge >= 0.3 is 0 Å². The van der Waals surface area contributed by atoms with E-state index in [1.807, 2.05) is 29.6 Å². The average Bonchev–Trinajstić information content (AvgIpc) is 3.16. The third kappa shape index (κ3) is 3.09. The summed E-state index contributed by atoms with van der Waals surface area (Å²) in [5, 5.41) is 7.51. The zero-order chi connectivity index (χ0) is 13.9. The molecule has 0 atom stereocenters. The summed E-state index contributed by atoms with van der Waals surface area (Å²) >= 11 is 10.4. The van der Waals surface area contributed by atoms with Crippen molar-refractivity contribution < 1.29 is 4.79 Å². The molecular formula is C13H9ClN2OS3. The highest BCUT2D eigenvalue weighted by atomic mass is 35.5. The number of carbonyl (C=O) groups is 1. The van der Waals surface area contributed by atoms with Gasteiger partial charge in [-0.05, 0) is 23.6 Å². The SMILES string of the molecule is O=C(NCc1ccc(Cl)s1)c1csc(-c2cccs2)n1. The van der Waals surface area contributed by atoms with E-state index in [0.29, 0.717) is 12.2 Å². The van der Waals surface area contributed by atoms with Gasteiger partial charge in [0.2, 0.25) is 0 Å². The maximum atomic E-state index is 12.0. The molecule has 3 rings (SSSR count). The zero-order valence-corrected chi connectivity index (χ0v) is 13.3. The third-order valence-corrected chi connectivity index (χ3v) is 5.63. The van der Waals surface area contributed by atoms with Gasteiger partial charge in [-0.25, -0.2) is 4.98 Å². The monoisotopic (exact) mass is 340 g/mol. The Morgan fingerprint density at radius 3 is 2.90 bits per heavy atom. The van der Waals surface area contributed by atoms with Crippen LogP contribution in [0.1, 0.15) is 15.4 Å². The molecule has 1 amide bonds. The predicted octanol–water partition coefficient (Wildman–Crippen LogP) is 4.52. The minimum atomic E-state index is -0.159. The standard InChI is InChI=1S/C13H9ClN2OS3/c14-11-4-3-8(20-11)6-15-12(17)9-7-19-13(16-9)10-2-1-5-18-10/h1-5,7H,6H2,(H,15,17). The Hall–Kier alpha value is -1.21. The Kier molecular flexibility index (Phi) is 4.16. The van der Waals surface area contributed by atoms with Gasteiger partial charge in [-0.2, -0.15) is 0 Å². The quantitative estimate of drug-likeness (QED) is 0.758. The van der Waals surface area contributed by atoms with E-state index >= 15 is 0 Å². The molecular weight excluding hydrogens is 332 g/mol. The number of rotatable bonds is 4. The molecule has 20 heavy (non-hydrogen) atoms. The van der Waals surface area contributed by atoms with Crippen LogP contribution in [0.25, 0.3) is 9.88 Å². The summed E-state index contributed by atoms with van der Waals surface area (Å²) in [4.78, 5) is 18.5. The molecule has 3 aromatic heterocycles. The van der Waals surface area contributed by atoms with Crippen molar-refractivity contribution in [3.63, 3.8) is 0 Å². The molecule has 3 aromatic rings. The molecule has 0 saturated carbocycles. The summed E-state index contributed by atoms with van der Waals surface area (Å²) < 4.78 is 0.725. The molecule has 3 nitrogen and oxygen atoms in total. The van der Waals surface area contributed by atoms with Crippen LogP contribution in [0.2, 0.25) is 4.34 Å². The van der Waals surface area contributed by atoms with Gasteiger partial charge in [-0.15, -0.1) is 34.0 Å².